The summed E-state index contributed by atoms with van der Waals surface area (Å²) in [4.78, 5) is 0. The van der Waals surface area contributed by atoms with E-state index in [-0.39, 0.29) is 15.7 Å². The van der Waals surface area contributed by atoms with Crippen LogP contribution in [0.2, 0.25) is 4.66 Å². The molecule has 0 aromatic heterocycles. The molecule has 0 aromatic rings. The van der Waals surface area contributed by atoms with Gasteiger partial charge in [0, 0.05) is 32.5 Å². The standard InChI is InChI=1S/C17H32OSi2/c1-11(2)16(12(3)4)15(19,20)9-10-18-17(16,13(5)6)14(7)8/h11-14H,9-10H2,1-8H3. The van der Waals surface area contributed by atoms with Gasteiger partial charge in [0.2, 0.25) is 0 Å². The summed E-state index contributed by atoms with van der Waals surface area (Å²) in [5, 5.41) is 0. The number of ether oxygens (including phenoxy) is 1. The fraction of sp³-hybridized carbons (Fsp3) is 1.00. The van der Waals surface area contributed by atoms with Crippen molar-refractivity contribution in [3.8, 4) is 0 Å². The zero-order chi connectivity index (χ0) is 15.9. The predicted octanol–water partition coefficient (Wildman–Crippen LogP) is 4.21. The molecule has 1 fully saturated rings. The summed E-state index contributed by atoms with van der Waals surface area (Å²) in [5.74, 6) is 1.98. The van der Waals surface area contributed by atoms with Gasteiger partial charge in [0.05, 0.1) is 5.60 Å². The second kappa shape index (κ2) is 5.88. The maximum absolute atomic E-state index is 6.60. The van der Waals surface area contributed by atoms with Crippen molar-refractivity contribution in [2.24, 2.45) is 29.1 Å². The first-order valence-corrected chi connectivity index (χ1v) is 9.12. The summed E-state index contributed by atoms with van der Waals surface area (Å²) in [7, 11) is 8.25. The van der Waals surface area contributed by atoms with Crippen LogP contribution in [0.5, 0.6) is 0 Å². The molecule has 0 N–H and O–H groups in total. The molecule has 1 rings (SSSR count). The van der Waals surface area contributed by atoms with E-state index in [1.807, 2.05) is 0 Å². The summed E-state index contributed by atoms with van der Waals surface area (Å²) < 4.78 is 6.52. The lowest BCUT2D eigenvalue weighted by molar-refractivity contribution is -0.257. The van der Waals surface area contributed by atoms with Crippen LogP contribution in [0.1, 0.15) is 61.8 Å². The van der Waals surface area contributed by atoms with Crippen LogP contribution in [0.3, 0.4) is 0 Å². The number of hydrogen-bond acceptors (Lipinski definition) is 1. The molecule has 1 heterocycles. The normalized spacial score (nSPS) is 24.9. The van der Waals surface area contributed by atoms with Gasteiger partial charge in [-0.25, -0.2) is 0 Å². The largest absolute Gasteiger partial charge is 0.374 e. The third-order valence-electron chi connectivity index (χ3n) is 5.71. The molecule has 3 heteroatoms. The van der Waals surface area contributed by atoms with Crippen LogP contribution in [0, 0.1) is 29.1 Å². The number of hydrogen-bond donors (Lipinski definition) is 0. The molecule has 114 valence electrons. The molecule has 0 aromatic carbocycles. The first-order chi connectivity index (χ1) is 8.98. The molecule has 20 heavy (non-hydrogen) atoms. The summed E-state index contributed by atoms with van der Waals surface area (Å²) in [6.07, 6.45) is 0.998. The summed E-state index contributed by atoms with van der Waals surface area (Å²) >= 11 is 0. The topological polar surface area (TPSA) is 9.23 Å². The fourth-order valence-electron chi connectivity index (χ4n) is 5.54. The fourth-order valence-corrected chi connectivity index (χ4v) is 7.29. The van der Waals surface area contributed by atoms with Gasteiger partial charge in [0.25, 0.3) is 0 Å². The molecule has 6 radical (unpaired) electrons. The zero-order valence-electron chi connectivity index (χ0n) is 14.6. The van der Waals surface area contributed by atoms with Gasteiger partial charge in [-0.3, -0.25) is 0 Å². The van der Waals surface area contributed by atoms with E-state index < -0.39 is 0 Å². The molecule has 0 saturated carbocycles. The molecular formula is C17H32OSi2. The highest BCUT2D eigenvalue weighted by Gasteiger charge is 2.66. The van der Waals surface area contributed by atoms with E-state index in [2.05, 4.69) is 75.9 Å². The van der Waals surface area contributed by atoms with Crippen molar-refractivity contribution in [1.82, 2.24) is 0 Å². The van der Waals surface area contributed by atoms with Crippen molar-refractivity contribution in [3.63, 3.8) is 0 Å². The van der Waals surface area contributed by atoms with Crippen molar-refractivity contribution < 1.29 is 4.74 Å². The Bertz CT molecular complexity index is 316. The Morgan fingerprint density at radius 2 is 1.15 bits per heavy atom. The third-order valence-corrected chi connectivity index (χ3v) is 7.03. The number of rotatable bonds is 4. The van der Waals surface area contributed by atoms with Gasteiger partial charge in [-0.1, -0.05) is 55.4 Å². The smallest absolute Gasteiger partial charge is 0.0788 e. The van der Waals surface area contributed by atoms with E-state index in [0.29, 0.717) is 23.7 Å². The second-order valence-electron chi connectivity index (χ2n) is 7.78. The second-order valence-corrected chi connectivity index (χ2v) is 9.99. The maximum atomic E-state index is 6.60. The van der Waals surface area contributed by atoms with Gasteiger partial charge in [-0.05, 0) is 34.8 Å². The van der Waals surface area contributed by atoms with E-state index in [9.17, 15) is 0 Å². The lowest BCUT2D eigenvalue weighted by Crippen LogP contribution is -2.69. The quantitative estimate of drug-likeness (QED) is 0.707. The van der Waals surface area contributed by atoms with E-state index >= 15 is 0 Å². The van der Waals surface area contributed by atoms with Crippen LogP contribution in [-0.4, -0.2) is 32.7 Å². The van der Waals surface area contributed by atoms with E-state index in [1.165, 1.54) is 0 Å². The average Bonchev–Trinajstić information content (AvgIpc) is 2.24. The third kappa shape index (κ3) is 2.19. The summed E-state index contributed by atoms with van der Waals surface area (Å²) in [5.41, 5.74) is -0.0918. The molecule has 1 aliphatic heterocycles. The Morgan fingerprint density at radius 3 is 1.40 bits per heavy atom. The average molecular weight is 309 g/mol. The lowest BCUT2D eigenvalue weighted by Gasteiger charge is -2.69. The minimum absolute atomic E-state index is 0.0361. The molecule has 0 unspecified atom stereocenters. The van der Waals surface area contributed by atoms with Gasteiger partial charge in [-0.15, -0.1) is 0 Å². The van der Waals surface area contributed by atoms with Crippen LogP contribution >= 0.6 is 0 Å². The van der Waals surface area contributed by atoms with E-state index in [4.69, 9.17) is 4.74 Å². The van der Waals surface area contributed by atoms with Crippen LogP contribution in [0.4, 0.5) is 0 Å². The van der Waals surface area contributed by atoms with Crippen molar-refractivity contribution in [3.05, 3.63) is 0 Å². The van der Waals surface area contributed by atoms with Crippen LogP contribution < -0.4 is 0 Å². The first-order valence-electron chi connectivity index (χ1n) is 8.12. The molecule has 1 nitrogen and oxygen atoms in total. The molecule has 1 saturated heterocycles. The van der Waals surface area contributed by atoms with Crippen molar-refractivity contribution in [2.45, 2.75) is 72.1 Å². The van der Waals surface area contributed by atoms with Gasteiger partial charge in [0.15, 0.2) is 0 Å². The van der Waals surface area contributed by atoms with Gasteiger partial charge in [-0.2, -0.15) is 0 Å². The summed E-state index contributed by atoms with van der Waals surface area (Å²) in [6.45, 7) is 19.5. The minimum atomic E-state index is -0.128. The highest BCUT2D eigenvalue weighted by Crippen LogP contribution is 2.67. The Morgan fingerprint density at radius 1 is 0.750 bits per heavy atom. The molecular weight excluding hydrogens is 276 g/mol. The predicted molar refractivity (Wildman–Crippen MR) is 89.3 cm³/mol. The molecule has 0 aliphatic carbocycles. The molecule has 0 amide bonds. The SMILES string of the molecule is CC(C)C1(C(C)C)OCCC([Si])([Si])C1(C(C)C)C(C)C. The monoisotopic (exact) mass is 308 g/mol. The minimum Gasteiger partial charge on any atom is -0.374 e. The van der Waals surface area contributed by atoms with E-state index in [0.717, 1.165) is 13.0 Å². The van der Waals surface area contributed by atoms with Crippen molar-refractivity contribution in [2.75, 3.05) is 6.61 Å². The molecule has 0 bridgehead atoms. The Hall–Kier alpha value is 0.394. The molecule has 1 aliphatic rings. The highest BCUT2D eigenvalue weighted by atomic mass is 28.2. The van der Waals surface area contributed by atoms with Crippen molar-refractivity contribution >= 4 is 20.5 Å². The highest BCUT2D eigenvalue weighted by molar-refractivity contribution is 6.40. The van der Waals surface area contributed by atoms with Crippen LogP contribution in [0.15, 0.2) is 0 Å². The van der Waals surface area contributed by atoms with E-state index in [1.54, 1.807) is 0 Å². The maximum Gasteiger partial charge on any atom is 0.0788 e. The van der Waals surface area contributed by atoms with Gasteiger partial charge >= 0.3 is 0 Å². The van der Waals surface area contributed by atoms with Gasteiger partial charge < -0.3 is 4.74 Å². The lowest BCUT2D eigenvalue weighted by atomic mass is 9.49. The molecule has 0 atom stereocenters. The first kappa shape index (κ1) is 18.4. The summed E-state index contributed by atoms with van der Waals surface area (Å²) in [6, 6.07) is 0. The van der Waals surface area contributed by atoms with Crippen LogP contribution in [0.25, 0.3) is 0 Å². The van der Waals surface area contributed by atoms with Crippen molar-refractivity contribution in [1.29, 1.82) is 0 Å². The zero-order valence-corrected chi connectivity index (χ0v) is 16.6. The van der Waals surface area contributed by atoms with Gasteiger partial charge in [0.1, 0.15) is 0 Å². The molecule has 0 spiro atoms. The Balaban J connectivity index is 3.69. The Labute approximate surface area is 133 Å². The Kier molecular flexibility index (Phi) is 5.43. The van der Waals surface area contributed by atoms with Crippen LogP contribution in [-0.2, 0) is 4.74 Å².